The molecule has 3 nitrogen and oxygen atoms in total. The second-order valence-electron chi connectivity index (χ2n) is 13.7. The van der Waals surface area contributed by atoms with E-state index < -0.39 is 0 Å². The fourth-order valence-electron chi connectivity index (χ4n) is 6.09. The summed E-state index contributed by atoms with van der Waals surface area (Å²) < 4.78 is 5.45. The molecule has 266 valence electrons. The molecule has 0 spiro atoms. The summed E-state index contributed by atoms with van der Waals surface area (Å²) in [5.41, 5.74) is 0. The van der Waals surface area contributed by atoms with Gasteiger partial charge in [-0.15, -0.1) is 0 Å². The first-order chi connectivity index (χ1) is 22.3. The minimum atomic E-state index is 0.00792. The van der Waals surface area contributed by atoms with Crippen LogP contribution in [0.4, 0.5) is 0 Å². The average Bonchev–Trinajstić information content (AvgIpc) is 3.05. The van der Waals surface area contributed by atoms with E-state index in [0.717, 1.165) is 32.1 Å². The molecule has 0 atom stereocenters. The number of aliphatic hydroxyl groups is 1. The molecule has 45 heavy (non-hydrogen) atoms. The van der Waals surface area contributed by atoms with Crippen LogP contribution in [0.2, 0.25) is 0 Å². The molecule has 0 aliphatic carbocycles. The third-order valence-corrected chi connectivity index (χ3v) is 9.15. The summed E-state index contributed by atoms with van der Waals surface area (Å²) in [6.45, 7) is 3.23. The van der Waals surface area contributed by atoms with Gasteiger partial charge in [-0.2, -0.15) is 0 Å². The molecule has 0 aliphatic rings. The molecule has 0 bridgehead atoms. The van der Waals surface area contributed by atoms with Crippen molar-refractivity contribution in [3.8, 4) is 0 Å². The van der Waals surface area contributed by atoms with Crippen LogP contribution >= 0.6 is 0 Å². The zero-order valence-electron chi connectivity index (χ0n) is 30.5. The number of aliphatic hydroxyl groups excluding tert-OH is 1. The first-order valence-corrected chi connectivity index (χ1v) is 20.4. The summed E-state index contributed by atoms with van der Waals surface area (Å²) in [4.78, 5) is 12.0. The van der Waals surface area contributed by atoms with Crippen LogP contribution < -0.4 is 0 Å². The highest BCUT2D eigenvalue weighted by Crippen LogP contribution is 2.15. The standard InChI is InChI=1S/C42H80O3/c1-2-3-4-5-6-7-8-9-18-21-24-27-30-33-36-39-42(44)45-41-38-35-32-29-26-23-20-17-15-13-11-10-12-14-16-19-22-25-28-31-34-37-40-43/h6-7,9,18,43H,2-5,8,10-17,19-41H2,1H3/b7-6-,18-9-. The molecule has 0 aromatic carbocycles. The van der Waals surface area contributed by atoms with E-state index in [4.69, 9.17) is 9.84 Å². The first kappa shape index (κ1) is 43.9. The zero-order valence-corrected chi connectivity index (χ0v) is 30.5. The molecule has 0 heterocycles. The van der Waals surface area contributed by atoms with Gasteiger partial charge in [-0.1, -0.05) is 192 Å². The quantitative estimate of drug-likeness (QED) is 0.0418. The van der Waals surface area contributed by atoms with Crippen LogP contribution in [-0.4, -0.2) is 24.3 Å². The minimum Gasteiger partial charge on any atom is -0.466 e. The van der Waals surface area contributed by atoms with Gasteiger partial charge in [-0.25, -0.2) is 0 Å². The number of rotatable bonds is 38. The highest BCUT2D eigenvalue weighted by Gasteiger charge is 2.02. The third kappa shape index (κ3) is 40.9. The van der Waals surface area contributed by atoms with Gasteiger partial charge in [-0.3, -0.25) is 4.79 Å². The Balaban J connectivity index is 3.19. The van der Waals surface area contributed by atoms with Gasteiger partial charge in [0.1, 0.15) is 0 Å². The van der Waals surface area contributed by atoms with Gasteiger partial charge >= 0.3 is 5.97 Å². The Morgan fingerprint density at radius 1 is 0.444 bits per heavy atom. The molecule has 0 radical (unpaired) electrons. The lowest BCUT2D eigenvalue weighted by molar-refractivity contribution is -0.143. The maximum atomic E-state index is 12.0. The van der Waals surface area contributed by atoms with Crippen molar-refractivity contribution >= 4 is 5.97 Å². The molecule has 0 saturated carbocycles. The summed E-state index contributed by atoms with van der Waals surface area (Å²) >= 11 is 0. The molecular weight excluding hydrogens is 552 g/mol. The van der Waals surface area contributed by atoms with Crippen molar-refractivity contribution in [2.75, 3.05) is 13.2 Å². The largest absolute Gasteiger partial charge is 0.466 e. The lowest BCUT2D eigenvalue weighted by atomic mass is 10.0. The number of carbonyl (C=O) groups is 1. The van der Waals surface area contributed by atoms with Crippen molar-refractivity contribution in [2.24, 2.45) is 0 Å². The van der Waals surface area contributed by atoms with Crippen molar-refractivity contribution in [1.82, 2.24) is 0 Å². The number of allylic oxidation sites excluding steroid dienone is 4. The van der Waals surface area contributed by atoms with Gasteiger partial charge in [0.05, 0.1) is 6.61 Å². The van der Waals surface area contributed by atoms with E-state index >= 15 is 0 Å². The third-order valence-electron chi connectivity index (χ3n) is 9.15. The number of hydrogen-bond donors (Lipinski definition) is 1. The Morgan fingerprint density at radius 3 is 1.22 bits per heavy atom. The molecule has 0 rings (SSSR count). The Bertz CT molecular complexity index is 611. The number of ether oxygens (including phenoxy) is 1. The summed E-state index contributed by atoms with van der Waals surface area (Å²) in [5, 5.41) is 8.79. The van der Waals surface area contributed by atoms with Crippen LogP contribution in [0, 0.1) is 0 Å². The van der Waals surface area contributed by atoms with Gasteiger partial charge < -0.3 is 9.84 Å². The number of carbonyl (C=O) groups excluding carboxylic acids is 1. The monoisotopic (exact) mass is 633 g/mol. The summed E-state index contributed by atoms with van der Waals surface area (Å²) in [7, 11) is 0. The van der Waals surface area contributed by atoms with Crippen molar-refractivity contribution in [2.45, 2.75) is 225 Å². The summed E-state index contributed by atoms with van der Waals surface area (Å²) in [6, 6.07) is 0. The molecule has 0 saturated heterocycles. The molecule has 0 aromatic rings. The van der Waals surface area contributed by atoms with E-state index in [2.05, 4.69) is 31.2 Å². The van der Waals surface area contributed by atoms with Crippen molar-refractivity contribution in [3.05, 3.63) is 24.3 Å². The van der Waals surface area contributed by atoms with E-state index in [9.17, 15) is 4.79 Å². The fourth-order valence-corrected chi connectivity index (χ4v) is 6.09. The van der Waals surface area contributed by atoms with Crippen molar-refractivity contribution in [3.63, 3.8) is 0 Å². The van der Waals surface area contributed by atoms with E-state index in [1.165, 1.54) is 180 Å². The molecule has 3 heteroatoms. The predicted octanol–water partition coefficient (Wildman–Crippen LogP) is 13.9. The normalized spacial score (nSPS) is 11.8. The molecule has 0 amide bonds. The fraction of sp³-hybridized carbons (Fsp3) is 0.881. The van der Waals surface area contributed by atoms with Crippen LogP contribution in [0.3, 0.4) is 0 Å². The zero-order chi connectivity index (χ0) is 32.6. The minimum absolute atomic E-state index is 0.00792. The van der Waals surface area contributed by atoms with Crippen LogP contribution in [0.15, 0.2) is 24.3 Å². The molecule has 0 aromatic heterocycles. The number of hydrogen-bond acceptors (Lipinski definition) is 3. The van der Waals surface area contributed by atoms with Crippen LogP contribution in [0.1, 0.15) is 225 Å². The molecule has 0 fully saturated rings. The maximum Gasteiger partial charge on any atom is 0.305 e. The van der Waals surface area contributed by atoms with E-state index in [1.807, 2.05) is 0 Å². The van der Waals surface area contributed by atoms with E-state index in [-0.39, 0.29) is 5.97 Å². The van der Waals surface area contributed by atoms with Gasteiger partial charge in [0, 0.05) is 13.0 Å². The molecule has 0 unspecified atom stereocenters. The van der Waals surface area contributed by atoms with E-state index in [0.29, 0.717) is 19.6 Å². The molecule has 1 N–H and O–H groups in total. The van der Waals surface area contributed by atoms with Crippen molar-refractivity contribution < 1.29 is 14.6 Å². The highest BCUT2D eigenvalue weighted by atomic mass is 16.5. The highest BCUT2D eigenvalue weighted by molar-refractivity contribution is 5.69. The first-order valence-electron chi connectivity index (χ1n) is 20.4. The second kappa shape index (κ2) is 40.9. The van der Waals surface area contributed by atoms with Gasteiger partial charge in [0.25, 0.3) is 0 Å². The van der Waals surface area contributed by atoms with Gasteiger partial charge in [0.2, 0.25) is 0 Å². The van der Waals surface area contributed by atoms with Crippen LogP contribution in [-0.2, 0) is 9.53 Å². The lowest BCUT2D eigenvalue weighted by Crippen LogP contribution is -2.05. The van der Waals surface area contributed by atoms with Crippen LogP contribution in [0.5, 0.6) is 0 Å². The Morgan fingerprint density at radius 2 is 0.800 bits per heavy atom. The summed E-state index contributed by atoms with van der Waals surface area (Å²) in [6.07, 6.45) is 52.7. The number of unbranched alkanes of at least 4 members (excludes halogenated alkanes) is 29. The smallest absolute Gasteiger partial charge is 0.305 e. The predicted molar refractivity (Wildman–Crippen MR) is 199 cm³/mol. The Labute approximate surface area is 282 Å². The van der Waals surface area contributed by atoms with E-state index in [1.54, 1.807) is 0 Å². The molecule has 0 aliphatic heterocycles. The lowest BCUT2D eigenvalue weighted by Gasteiger charge is -2.06. The Kier molecular flexibility index (Phi) is 39.9. The Hall–Kier alpha value is -1.09. The van der Waals surface area contributed by atoms with Gasteiger partial charge in [-0.05, 0) is 51.4 Å². The van der Waals surface area contributed by atoms with Gasteiger partial charge in [0.15, 0.2) is 0 Å². The van der Waals surface area contributed by atoms with Crippen molar-refractivity contribution in [1.29, 1.82) is 0 Å². The topological polar surface area (TPSA) is 46.5 Å². The van der Waals surface area contributed by atoms with Crippen LogP contribution in [0.25, 0.3) is 0 Å². The SMILES string of the molecule is CCCCC/C=C\C/C=C\CCCCCCCC(=O)OCCCCCCCCCCCCCCCCCCCCCCCCO. The molecular formula is C42H80O3. The summed E-state index contributed by atoms with van der Waals surface area (Å²) in [5.74, 6) is 0.00792. The second-order valence-corrected chi connectivity index (χ2v) is 13.7. The number of esters is 1. The average molecular weight is 633 g/mol. The maximum absolute atomic E-state index is 12.0.